The summed E-state index contributed by atoms with van der Waals surface area (Å²) in [5.41, 5.74) is 5.02. The molecular weight excluding hydrogens is 300 g/mol. The lowest BCUT2D eigenvalue weighted by Gasteiger charge is -2.12. The van der Waals surface area contributed by atoms with Crippen molar-refractivity contribution in [2.45, 2.75) is 0 Å². The van der Waals surface area contributed by atoms with Crippen LogP contribution in [0.3, 0.4) is 0 Å². The molecule has 0 aliphatic heterocycles. The molecule has 0 aromatic heterocycles. The second-order valence-electron chi connectivity index (χ2n) is 4.82. The number of benzene rings is 2. The Morgan fingerprint density at radius 3 is 2.32 bits per heavy atom. The average Bonchev–Trinajstić information content (AvgIpc) is 2.50. The van der Waals surface area contributed by atoms with E-state index in [0.29, 0.717) is 10.7 Å². The van der Waals surface area contributed by atoms with Crippen LogP contribution in [0.2, 0.25) is 5.02 Å². The highest BCUT2D eigenvalue weighted by atomic mass is 35.5. The molecule has 2 amide bonds. The molecule has 2 N–H and O–H groups in total. The van der Waals surface area contributed by atoms with Gasteiger partial charge in [-0.1, -0.05) is 23.7 Å². The van der Waals surface area contributed by atoms with E-state index in [2.05, 4.69) is 15.8 Å². The molecule has 0 heterocycles. The third-order valence-electron chi connectivity index (χ3n) is 2.89. The van der Waals surface area contributed by atoms with Crippen LogP contribution in [0.4, 0.5) is 16.2 Å². The first-order chi connectivity index (χ1) is 10.5. The van der Waals surface area contributed by atoms with Gasteiger partial charge in [-0.15, -0.1) is 0 Å². The van der Waals surface area contributed by atoms with E-state index in [1.807, 2.05) is 55.4 Å². The maximum absolute atomic E-state index is 11.7. The summed E-state index contributed by atoms with van der Waals surface area (Å²) in [6, 6.07) is 14.2. The number of hydrogen-bond acceptors (Lipinski definition) is 3. The number of carbonyl (C=O) groups is 1. The van der Waals surface area contributed by atoms with Gasteiger partial charge >= 0.3 is 6.03 Å². The van der Waals surface area contributed by atoms with Crippen LogP contribution in [0, 0.1) is 0 Å². The normalized spacial score (nSPS) is 10.5. The van der Waals surface area contributed by atoms with Gasteiger partial charge in [-0.2, -0.15) is 5.10 Å². The zero-order valence-electron chi connectivity index (χ0n) is 12.4. The molecule has 0 radical (unpaired) electrons. The van der Waals surface area contributed by atoms with E-state index in [1.165, 1.54) is 0 Å². The van der Waals surface area contributed by atoms with Gasteiger partial charge in [0.1, 0.15) is 0 Å². The van der Waals surface area contributed by atoms with Crippen molar-refractivity contribution >= 4 is 35.2 Å². The summed E-state index contributed by atoms with van der Waals surface area (Å²) in [4.78, 5) is 13.7. The van der Waals surface area contributed by atoms with Crippen LogP contribution in [0.15, 0.2) is 53.6 Å². The van der Waals surface area contributed by atoms with Crippen molar-refractivity contribution < 1.29 is 4.79 Å². The summed E-state index contributed by atoms with van der Waals surface area (Å²) >= 11 is 5.79. The molecule has 0 atom stereocenters. The van der Waals surface area contributed by atoms with Gasteiger partial charge in [0.2, 0.25) is 0 Å². The molecule has 2 aromatic carbocycles. The number of amides is 2. The Balaban J connectivity index is 1.86. The van der Waals surface area contributed by atoms with Crippen LogP contribution in [-0.2, 0) is 0 Å². The molecule has 22 heavy (non-hydrogen) atoms. The van der Waals surface area contributed by atoms with Crippen LogP contribution < -0.4 is 15.6 Å². The fourth-order valence-electron chi connectivity index (χ4n) is 1.72. The molecule has 2 aromatic rings. The van der Waals surface area contributed by atoms with Gasteiger partial charge in [0.25, 0.3) is 0 Å². The first-order valence-corrected chi connectivity index (χ1v) is 7.05. The smallest absolute Gasteiger partial charge is 0.339 e. The number of nitrogens with zero attached hydrogens (tertiary/aromatic N) is 2. The predicted octanol–water partition coefficient (Wildman–Crippen LogP) is 3.56. The molecule has 114 valence electrons. The van der Waals surface area contributed by atoms with Crippen LogP contribution in [0.1, 0.15) is 5.56 Å². The Morgan fingerprint density at radius 1 is 1.09 bits per heavy atom. The predicted molar refractivity (Wildman–Crippen MR) is 92.0 cm³/mol. The van der Waals surface area contributed by atoms with Crippen molar-refractivity contribution in [3.63, 3.8) is 0 Å². The molecule has 6 heteroatoms. The molecule has 0 saturated heterocycles. The number of rotatable bonds is 4. The minimum atomic E-state index is -0.400. The number of carbonyl (C=O) groups excluding carboxylic acids is 1. The summed E-state index contributed by atoms with van der Waals surface area (Å²) in [5, 5.41) is 7.23. The van der Waals surface area contributed by atoms with Gasteiger partial charge < -0.3 is 10.2 Å². The molecule has 0 spiro atoms. The van der Waals surface area contributed by atoms with E-state index < -0.39 is 6.03 Å². The number of anilines is 2. The summed E-state index contributed by atoms with van der Waals surface area (Å²) < 4.78 is 0. The van der Waals surface area contributed by atoms with Crippen LogP contribution in [0.25, 0.3) is 0 Å². The van der Waals surface area contributed by atoms with Gasteiger partial charge in [-0.3, -0.25) is 0 Å². The van der Waals surface area contributed by atoms with E-state index in [4.69, 9.17) is 11.6 Å². The SMILES string of the molecule is CN(C)c1ccc(NC(=O)NN=Cc2ccc(Cl)cc2)cc1. The van der Waals surface area contributed by atoms with E-state index in [-0.39, 0.29) is 0 Å². The van der Waals surface area contributed by atoms with Gasteiger partial charge in [0, 0.05) is 30.5 Å². The van der Waals surface area contributed by atoms with E-state index in [1.54, 1.807) is 18.3 Å². The fourth-order valence-corrected chi connectivity index (χ4v) is 1.84. The first-order valence-electron chi connectivity index (χ1n) is 6.67. The zero-order chi connectivity index (χ0) is 15.9. The van der Waals surface area contributed by atoms with Crippen molar-refractivity contribution in [1.29, 1.82) is 0 Å². The summed E-state index contributed by atoms with van der Waals surface area (Å²) in [6.45, 7) is 0. The lowest BCUT2D eigenvalue weighted by molar-refractivity contribution is 0.252. The van der Waals surface area contributed by atoms with Crippen LogP contribution in [0.5, 0.6) is 0 Å². The Kier molecular flexibility index (Phi) is 5.38. The van der Waals surface area contributed by atoms with Gasteiger partial charge in [-0.25, -0.2) is 10.2 Å². The molecule has 0 aliphatic rings. The first kappa shape index (κ1) is 15.9. The van der Waals surface area contributed by atoms with Crippen molar-refractivity contribution in [3.05, 3.63) is 59.1 Å². The quantitative estimate of drug-likeness (QED) is 0.669. The number of hydrogen-bond donors (Lipinski definition) is 2. The van der Waals surface area contributed by atoms with Crippen molar-refractivity contribution in [3.8, 4) is 0 Å². The number of hydrazone groups is 1. The van der Waals surface area contributed by atoms with E-state index in [0.717, 1.165) is 11.3 Å². The van der Waals surface area contributed by atoms with Crippen molar-refractivity contribution in [2.24, 2.45) is 5.10 Å². The van der Waals surface area contributed by atoms with Crippen LogP contribution in [-0.4, -0.2) is 26.3 Å². The number of halogens is 1. The third-order valence-corrected chi connectivity index (χ3v) is 3.14. The van der Waals surface area contributed by atoms with Crippen molar-refractivity contribution in [2.75, 3.05) is 24.3 Å². The standard InChI is InChI=1S/C16H17ClN4O/c1-21(2)15-9-7-14(8-10-15)19-16(22)20-18-11-12-3-5-13(17)6-4-12/h3-11H,1-2H3,(H2,19,20,22). The Hall–Kier alpha value is -2.53. The Labute approximate surface area is 134 Å². The van der Waals surface area contributed by atoms with E-state index in [9.17, 15) is 4.79 Å². The summed E-state index contributed by atoms with van der Waals surface area (Å²) in [7, 11) is 3.92. The van der Waals surface area contributed by atoms with Gasteiger partial charge in [0.05, 0.1) is 6.21 Å². The minimum Gasteiger partial charge on any atom is -0.378 e. The lowest BCUT2D eigenvalue weighted by Crippen LogP contribution is -2.24. The fraction of sp³-hybridized carbons (Fsp3) is 0.125. The molecule has 5 nitrogen and oxygen atoms in total. The molecule has 0 aliphatic carbocycles. The second kappa shape index (κ2) is 7.47. The third kappa shape index (κ3) is 4.79. The maximum Gasteiger partial charge on any atom is 0.339 e. The van der Waals surface area contributed by atoms with E-state index >= 15 is 0 Å². The zero-order valence-corrected chi connectivity index (χ0v) is 13.1. The number of nitrogens with one attached hydrogen (secondary N) is 2. The van der Waals surface area contributed by atoms with Crippen molar-refractivity contribution in [1.82, 2.24) is 5.43 Å². The monoisotopic (exact) mass is 316 g/mol. The molecule has 0 saturated carbocycles. The number of urea groups is 1. The van der Waals surface area contributed by atoms with Gasteiger partial charge in [0.15, 0.2) is 0 Å². The second-order valence-corrected chi connectivity index (χ2v) is 5.25. The molecule has 2 rings (SSSR count). The highest BCUT2D eigenvalue weighted by molar-refractivity contribution is 6.30. The van der Waals surface area contributed by atoms with Gasteiger partial charge in [-0.05, 0) is 42.0 Å². The lowest BCUT2D eigenvalue weighted by atomic mass is 10.2. The Morgan fingerprint density at radius 2 is 1.73 bits per heavy atom. The molecular formula is C16H17ClN4O. The average molecular weight is 317 g/mol. The molecule has 0 unspecified atom stereocenters. The highest BCUT2D eigenvalue weighted by Gasteiger charge is 2.00. The largest absolute Gasteiger partial charge is 0.378 e. The van der Waals surface area contributed by atoms with Crippen LogP contribution >= 0.6 is 11.6 Å². The summed E-state index contributed by atoms with van der Waals surface area (Å²) in [6.07, 6.45) is 1.55. The molecule has 0 fully saturated rings. The molecule has 0 bridgehead atoms. The minimum absolute atomic E-state index is 0.400. The Bertz CT molecular complexity index is 651. The topological polar surface area (TPSA) is 56.7 Å². The maximum atomic E-state index is 11.7. The summed E-state index contributed by atoms with van der Waals surface area (Å²) in [5.74, 6) is 0. The highest BCUT2D eigenvalue weighted by Crippen LogP contribution is 2.15.